The predicted octanol–water partition coefficient (Wildman–Crippen LogP) is 0.0300. The summed E-state index contributed by atoms with van der Waals surface area (Å²) in [6.07, 6.45) is 1.73. The van der Waals surface area contributed by atoms with Crippen molar-refractivity contribution in [1.29, 1.82) is 0 Å². The van der Waals surface area contributed by atoms with Crippen molar-refractivity contribution in [2.24, 2.45) is 0 Å². The van der Waals surface area contributed by atoms with Crippen LogP contribution in [0.4, 0.5) is 0 Å². The van der Waals surface area contributed by atoms with E-state index in [1.54, 1.807) is 6.20 Å². The highest BCUT2D eigenvalue weighted by Gasteiger charge is 2.13. The number of morpholine rings is 1. The summed E-state index contributed by atoms with van der Waals surface area (Å²) >= 11 is 0. The van der Waals surface area contributed by atoms with Crippen molar-refractivity contribution in [3.63, 3.8) is 0 Å². The van der Waals surface area contributed by atoms with Crippen LogP contribution in [0.2, 0.25) is 0 Å². The molecule has 0 saturated carbocycles. The number of ether oxygens (including phenoxy) is 1. The SMILES string of the molecule is O=C(CN1CCOCC1)NCc1ccccn1. The first-order chi connectivity index (χ1) is 8.34. The van der Waals surface area contributed by atoms with Gasteiger partial charge in [0, 0.05) is 19.3 Å². The molecule has 0 aliphatic carbocycles. The van der Waals surface area contributed by atoms with Gasteiger partial charge < -0.3 is 10.1 Å². The average molecular weight is 235 g/mol. The monoisotopic (exact) mass is 235 g/mol. The van der Waals surface area contributed by atoms with E-state index < -0.39 is 0 Å². The minimum absolute atomic E-state index is 0.0394. The zero-order valence-corrected chi connectivity index (χ0v) is 9.76. The molecule has 2 rings (SSSR count). The summed E-state index contributed by atoms with van der Waals surface area (Å²) in [5.74, 6) is 0.0394. The first-order valence-electron chi connectivity index (χ1n) is 5.81. The second-order valence-electron chi connectivity index (χ2n) is 3.99. The molecule has 1 N–H and O–H groups in total. The highest BCUT2D eigenvalue weighted by atomic mass is 16.5. The molecule has 5 heteroatoms. The van der Waals surface area contributed by atoms with Crippen molar-refractivity contribution in [2.45, 2.75) is 6.54 Å². The molecule has 17 heavy (non-hydrogen) atoms. The zero-order chi connectivity index (χ0) is 11.9. The van der Waals surface area contributed by atoms with Crippen molar-refractivity contribution in [2.75, 3.05) is 32.8 Å². The van der Waals surface area contributed by atoms with Crippen LogP contribution in [0.3, 0.4) is 0 Å². The van der Waals surface area contributed by atoms with Crippen LogP contribution in [0, 0.1) is 0 Å². The Morgan fingerprint density at radius 3 is 2.94 bits per heavy atom. The molecule has 92 valence electrons. The molecule has 0 spiro atoms. The van der Waals surface area contributed by atoms with Gasteiger partial charge in [-0.2, -0.15) is 0 Å². The van der Waals surface area contributed by atoms with Gasteiger partial charge in [0.1, 0.15) is 0 Å². The maximum Gasteiger partial charge on any atom is 0.234 e. The number of hydrogen-bond donors (Lipinski definition) is 1. The third-order valence-electron chi connectivity index (χ3n) is 2.66. The molecule has 1 fully saturated rings. The Morgan fingerprint density at radius 1 is 1.41 bits per heavy atom. The van der Waals surface area contributed by atoms with Gasteiger partial charge in [-0.1, -0.05) is 6.07 Å². The van der Waals surface area contributed by atoms with Crippen LogP contribution in [-0.4, -0.2) is 48.6 Å². The molecule has 0 atom stereocenters. The van der Waals surface area contributed by atoms with Crippen molar-refractivity contribution in [1.82, 2.24) is 15.2 Å². The summed E-state index contributed by atoms with van der Waals surface area (Å²) in [7, 11) is 0. The highest BCUT2D eigenvalue weighted by molar-refractivity contribution is 5.77. The van der Waals surface area contributed by atoms with Crippen LogP contribution < -0.4 is 5.32 Å². The minimum atomic E-state index is 0.0394. The number of nitrogens with zero attached hydrogens (tertiary/aromatic N) is 2. The number of aromatic nitrogens is 1. The maximum atomic E-state index is 11.7. The molecule has 0 unspecified atom stereocenters. The molecular weight excluding hydrogens is 218 g/mol. The number of hydrogen-bond acceptors (Lipinski definition) is 4. The first-order valence-corrected chi connectivity index (χ1v) is 5.81. The Balaban J connectivity index is 1.70. The fourth-order valence-corrected chi connectivity index (χ4v) is 1.71. The predicted molar refractivity (Wildman–Crippen MR) is 63.3 cm³/mol. The molecule has 1 aliphatic heterocycles. The second kappa shape index (κ2) is 6.32. The Kier molecular flexibility index (Phi) is 4.46. The van der Waals surface area contributed by atoms with Gasteiger partial charge in [0.05, 0.1) is 32.0 Å². The molecule has 1 saturated heterocycles. The lowest BCUT2D eigenvalue weighted by Crippen LogP contribution is -2.43. The summed E-state index contributed by atoms with van der Waals surface area (Å²) in [6, 6.07) is 5.67. The van der Waals surface area contributed by atoms with Crippen LogP contribution in [-0.2, 0) is 16.1 Å². The molecule has 2 heterocycles. The van der Waals surface area contributed by atoms with E-state index >= 15 is 0 Å². The lowest BCUT2D eigenvalue weighted by Gasteiger charge is -2.25. The summed E-state index contributed by atoms with van der Waals surface area (Å²) in [4.78, 5) is 17.9. The van der Waals surface area contributed by atoms with Crippen LogP contribution in [0.15, 0.2) is 24.4 Å². The summed E-state index contributed by atoms with van der Waals surface area (Å²) in [5.41, 5.74) is 0.878. The fourth-order valence-electron chi connectivity index (χ4n) is 1.71. The van der Waals surface area contributed by atoms with E-state index in [0.717, 1.165) is 18.8 Å². The zero-order valence-electron chi connectivity index (χ0n) is 9.76. The molecule has 5 nitrogen and oxygen atoms in total. The lowest BCUT2D eigenvalue weighted by atomic mass is 10.3. The van der Waals surface area contributed by atoms with Gasteiger partial charge in [-0.05, 0) is 12.1 Å². The van der Waals surface area contributed by atoms with E-state index in [-0.39, 0.29) is 5.91 Å². The Bertz CT molecular complexity index is 350. The van der Waals surface area contributed by atoms with Crippen LogP contribution in [0.5, 0.6) is 0 Å². The van der Waals surface area contributed by atoms with Gasteiger partial charge in [-0.3, -0.25) is 14.7 Å². The van der Waals surface area contributed by atoms with Gasteiger partial charge in [-0.15, -0.1) is 0 Å². The van der Waals surface area contributed by atoms with Crippen molar-refractivity contribution in [3.05, 3.63) is 30.1 Å². The molecule has 0 aromatic carbocycles. The minimum Gasteiger partial charge on any atom is -0.379 e. The fraction of sp³-hybridized carbons (Fsp3) is 0.500. The molecule has 1 amide bonds. The normalized spacial score (nSPS) is 16.7. The molecule has 1 aliphatic rings. The smallest absolute Gasteiger partial charge is 0.234 e. The van der Waals surface area contributed by atoms with E-state index in [1.807, 2.05) is 18.2 Å². The maximum absolute atomic E-state index is 11.7. The Hall–Kier alpha value is -1.46. The number of amides is 1. The van der Waals surface area contributed by atoms with Crippen LogP contribution in [0.25, 0.3) is 0 Å². The Labute approximate surface area is 101 Å². The van der Waals surface area contributed by atoms with E-state index in [0.29, 0.717) is 26.3 Å². The largest absolute Gasteiger partial charge is 0.379 e. The average Bonchev–Trinajstić information content (AvgIpc) is 2.39. The molecule has 1 aromatic rings. The standard InChI is InChI=1S/C12H17N3O2/c16-12(10-15-5-7-17-8-6-15)14-9-11-3-1-2-4-13-11/h1-4H,5-10H2,(H,14,16). The van der Waals surface area contributed by atoms with Gasteiger partial charge in [0.2, 0.25) is 5.91 Å². The van der Waals surface area contributed by atoms with Gasteiger partial charge in [0.15, 0.2) is 0 Å². The highest BCUT2D eigenvalue weighted by Crippen LogP contribution is 1.96. The van der Waals surface area contributed by atoms with Gasteiger partial charge >= 0.3 is 0 Å². The number of carbonyl (C=O) groups excluding carboxylic acids is 1. The van der Waals surface area contributed by atoms with E-state index in [4.69, 9.17) is 4.74 Å². The third kappa shape index (κ3) is 4.13. The second-order valence-corrected chi connectivity index (χ2v) is 3.99. The van der Waals surface area contributed by atoms with E-state index in [1.165, 1.54) is 0 Å². The van der Waals surface area contributed by atoms with Crippen molar-refractivity contribution in [3.8, 4) is 0 Å². The summed E-state index contributed by atoms with van der Waals surface area (Å²) < 4.78 is 5.23. The van der Waals surface area contributed by atoms with Crippen molar-refractivity contribution < 1.29 is 9.53 Å². The Morgan fingerprint density at radius 2 is 2.24 bits per heavy atom. The number of nitrogens with one attached hydrogen (secondary N) is 1. The lowest BCUT2D eigenvalue weighted by molar-refractivity contribution is -0.123. The molecule has 0 radical (unpaired) electrons. The van der Waals surface area contributed by atoms with Crippen molar-refractivity contribution >= 4 is 5.91 Å². The van der Waals surface area contributed by atoms with E-state index in [2.05, 4.69) is 15.2 Å². The topological polar surface area (TPSA) is 54.5 Å². The number of pyridine rings is 1. The van der Waals surface area contributed by atoms with Gasteiger partial charge in [0.25, 0.3) is 0 Å². The van der Waals surface area contributed by atoms with E-state index in [9.17, 15) is 4.79 Å². The number of rotatable bonds is 4. The van der Waals surface area contributed by atoms with Crippen LogP contribution in [0.1, 0.15) is 5.69 Å². The van der Waals surface area contributed by atoms with Crippen LogP contribution >= 0.6 is 0 Å². The number of carbonyl (C=O) groups is 1. The summed E-state index contributed by atoms with van der Waals surface area (Å²) in [5, 5.41) is 2.86. The first kappa shape index (κ1) is 12.0. The third-order valence-corrected chi connectivity index (χ3v) is 2.66. The quantitative estimate of drug-likeness (QED) is 0.800. The molecule has 1 aromatic heterocycles. The molecular formula is C12H17N3O2. The summed E-state index contributed by atoms with van der Waals surface area (Å²) in [6.45, 7) is 4.02. The molecule has 0 bridgehead atoms. The van der Waals surface area contributed by atoms with Gasteiger partial charge in [-0.25, -0.2) is 0 Å².